The highest BCUT2D eigenvalue weighted by Crippen LogP contribution is 2.32. The molecule has 0 atom stereocenters. The van der Waals surface area contributed by atoms with E-state index in [2.05, 4.69) is 26.7 Å². The van der Waals surface area contributed by atoms with E-state index in [1.165, 1.54) is 30.6 Å². The molecule has 8 heteroatoms. The van der Waals surface area contributed by atoms with Crippen LogP contribution in [0.1, 0.15) is 15.9 Å². The first kappa shape index (κ1) is 19.3. The normalized spacial score (nSPS) is 10.4. The summed E-state index contributed by atoms with van der Waals surface area (Å²) in [5.74, 6) is -0.852. The molecule has 30 heavy (non-hydrogen) atoms. The molecule has 0 saturated carbocycles. The lowest BCUT2D eigenvalue weighted by molar-refractivity contribution is 0.102. The van der Waals surface area contributed by atoms with Crippen LogP contribution in [0.5, 0.6) is 0 Å². The fraction of sp³-hybridized carbons (Fsp3) is 0. The Labute approximate surface area is 176 Å². The minimum absolute atomic E-state index is 0.0405. The van der Waals surface area contributed by atoms with E-state index < -0.39 is 5.82 Å². The Kier molecular flexibility index (Phi) is 5.24. The van der Waals surface area contributed by atoms with Gasteiger partial charge in [-0.15, -0.1) is 0 Å². The highest BCUT2D eigenvalue weighted by Gasteiger charge is 2.13. The van der Waals surface area contributed by atoms with Crippen molar-refractivity contribution < 1.29 is 9.18 Å². The molecule has 2 heterocycles. The Morgan fingerprint density at radius 3 is 2.67 bits per heavy atom. The first-order valence-corrected chi connectivity index (χ1v) is 9.19. The quantitative estimate of drug-likeness (QED) is 0.470. The van der Waals surface area contributed by atoms with Crippen molar-refractivity contribution in [3.8, 4) is 6.07 Å². The van der Waals surface area contributed by atoms with Gasteiger partial charge in [-0.2, -0.15) is 5.26 Å². The first-order chi connectivity index (χ1) is 14.5. The number of nitrogens with zero attached hydrogens (tertiary/aromatic N) is 3. The average Bonchev–Trinajstić information content (AvgIpc) is 2.77. The van der Waals surface area contributed by atoms with E-state index in [0.29, 0.717) is 39.1 Å². The van der Waals surface area contributed by atoms with E-state index in [1.807, 2.05) is 0 Å². The summed E-state index contributed by atoms with van der Waals surface area (Å²) in [6.45, 7) is 0. The standard InChI is InChI=1S/C22H13ClFN5O/c23-18-9-16(3-5-19(18)24)28-21-14(10-25)12-27-20-6-4-15(8-17(20)21)29-22(30)13-2-1-7-26-11-13/h1-9,11-12H,(H,27,28)(H,29,30). The molecule has 4 aromatic rings. The summed E-state index contributed by atoms with van der Waals surface area (Å²) in [6.07, 6.45) is 4.50. The molecule has 4 rings (SSSR count). The van der Waals surface area contributed by atoms with Gasteiger partial charge < -0.3 is 10.6 Å². The van der Waals surface area contributed by atoms with Crippen LogP contribution in [0.2, 0.25) is 5.02 Å². The summed E-state index contributed by atoms with van der Waals surface area (Å²) in [5.41, 5.74) is 2.83. The molecule has 2 N–H and O–H groups in total. The Morgan fingerprint density at radius 1 is 1.10 bits per heavy atom. The third-order valence-electron chi connectivity index (χ3n) is 4.36. The van der Waals surface area contributed by atoms with Crippen molar-refractivity contribution in [2.75, 3.05) is 10.6 Å². The molecule has 6 nitrogen and oxygen atoms in total. The van der Waals surface area contributed by atoms with Gasteiger partial charge in [0.25, 0.3) is 5.91 Å². The van der Waals surface area contributed by atoms with Gasteiger partial charge in [-0.25, -0.2) is 4.39 Å². The monoisotopic (exact) mass is 417 g/mol. The molecular weight excluding hydrogens is 405 g/mol. The summed E-state index contributed by atoms with van der Waals surface area (Å²) >= 11 is 5.87. The summed E-state index contributed by atoms with van der Waals surface area (Å²) in [6, 6.07) is 14.8. The highest BCUT2D eigenvalue weighted by molar-refractivity contribution is 6.31. The van der Waals surface area contributed by atoms with E-state index in [1.54, 1.807) is 36.5 Å². The molecule has 0 saturated heterocycles. The predicted octanol–water partition coefficient (Wildman–Crippen LogP) is 5.29. The molecular formula is C22H13ClFN5O. The molecule has 0 fully saturated rings. The predicted molar refractivity (Wildman–Crippen MR) is 113 cm³/mol. The molecule has 2 aromatic carbocycles. The number of carbonyl (C=O) groups excluding carboxylic acids is 1. The number of hydrogen-bond donors (Lipinski definition) is 2. The number of fused-ring (bicyclic) bond motifs is 1. The number of rotatable bonds is 4. The maximum atomic E-state index is 13.5. The number of benzene rings is 2. The van der Waals surface area contributed by atoms with Crippen LogP contribution in [0, 0.1) is 17.1 Å². The van der Waals surface area contributed by atoms with Crippen molar-refractivity contribution in [3.05, 3.63) is 89.1 Å². The number of nitrogens with one attached hydrogen (secondary N) is 2. The van der Waals surface area contributed by atoms with Crippen LogP contribution in [-0.2, 0) is 0 Å². The van der Waals surface area contributed by atoms with Gasteiger partial charge in [0.2, 0.25) is 0 Å². The number of amides is 1. The van der Waals surface area contributed by atoms with Gasteiger partial charge in [0.1, 0.15) is 11.9 Å². The van der Waals surface area contributed by atoms with Crippen molar-refractivity contribution in [2.24, 2.45) is 0 Å². The molecule has 2 aromatic heterocycles. The zero-order valence-corrected chi connectivity index (χ0v) is 16.1. The maximum absolute atomic E-state index is 13.5. The minimum Gasteiger partial charge on any atom is -0.354 e. The van der Waals surface area contributed by atoms with Crippen molar-refractivity contribution in [1.29, 1.82) is 5.26 Å². The van der Waals surface area contributed by atoms with Crippen molar-refractivity contribution in [1.82, 2.24) is 9.97 Å². The number of nitriles is 1. The molecule has 0 bridgehead atoms. The number of anilines is 3. The zero-order valence-electron chi connectivity index (χ0n) is 15.4. The second-order valence-electron chi connectivity index (χ2n) is 6.34. The molecule has 0 aliphatic heterocycles. The minimum atomic E-state index is -0.539. The second-order valence-corrected chi connectivity index (χ2v) is 6.75. The lowest BCUT2D eigenvalue weighted by Gasteiger charge is -2.13. The fourth-order valence-electron chi connectivity index (χ4n) is 2.91. The van der Waals surface area contributed by atoms with E-state index in [4.69, 9.17) is 11.6 Å². The van der Waals surface area contributed by atoms with Crippen LogP contribution in [0.3, 0.4) is 0 Å². The van der Waals surface area contributed by atoms with E-state index >= 15 is 0 Å². The van der Waals surface area contributed by atoms with Crippen molar-refractivity contribution in [2.45, 2.75) is 0 Å². The molecule has 0 spiro atoms. The lowest BCUT2D eigenvalue weighted by Crippen LogP contribution is -2.12. The Balaban J connectivity index is 1.74. The van der Waals surface area contributed by atoms with Gasteiger partial charge >= 0.3 is 0 Å². The van der Waals surface area contributed by atoms with Gasteiger partial charge in [0.05, 0.1) is 27.4 Å². The number of carbonyl (C=O) groups is 1. The maximum Gasteiger partial charge on any atom is 0.257 e. The van der Waals surface area contributed by atoms with Crippen LogP contribution >= 0.6 is 11.6 Å². The SMILES string of the molecule is N#Cc1cnc2ccc(NC(=O)c3cccnc3)cc2c1Nc1ccc(F)c(Cl)c1. The van der Waals surface area contributed by atoms with Crippen LogP contribution in [-0.4, -0.2) is 15.9 Å². The zero-order chi connectivity index (χ0) is 21.1. The molecule has 146 valence electrons. The molecule has 1 amide bonds. The number of aromatic nitrogens is 2. The molecule has 0 unspecified atom stereocenters. The lowest BCUT2D eigenvalue weighted by atomic mass is 10.1. The average molecular weight is 418 g/mol. The van der Waals surface area contributed by atoms with E-state index in [9.17, 15) is 14.4 Å². The second kappa shape index (κ2) is 8.15. The van der Waals surface area contributed by atoms with Gasteiger partial charge in [0.15, 0.2) is 0 Å². The van der Waals surface area contributed by atoms with Gasteiger partial charge in [-0.1, -0.05) is 11.6 Å². The van der Waals surface area contributed by atoms with Gasteiger partial charge in [-0.3, -0.25) is 14.8 Å². The number of hydrogen-bond acceptors (Lipinski definition) is 5. The summed E-state index contributed by atoms with van der Waals surface area (Å²) in [4.78, 5) is 20.7. The third kappa shape index (κ3) is 3.90. The van der Waals surface area contributed by atoms with Crippen molar-refractivity contribution in [3.63, 3.8) is 0 Å². The van der Waals surface area contributed by atoms with Crippen LogP contribution < -0.4 is 10.6 Å². The number of pyridine rings is 2. The van der Waals surface area contributed by atoms with E-state index in [0.717, 1.165) is 0 Å². The smallest absolute Gasteiger partial charge is 0.257 e. The van der Waals surface area contributed by atoms with Crippen LogP contribution in [0.4, 0.5) is 21.5 Å². The Bertz CT molecular complexity index is 1300. The third-order valence-corrected chi connectivity index (χ3v) is 4.65. The van der Waals surface area contributed by atoms with Crippen LogP contribution in [0.15, 0.2) is 67.1 Å². The first-order valence-electron chi connectivity index (χ1n) is 8.81. The Hall–Kier alpha value is -4.02. The van der Waals surface area contributed by atoms with Gasteiger partial charge in [0, 0.05) is 35.4 Å². The Morgan fingerprint density at radius 2 is 1.93 bits per heavy atom. The summed E-state index contributed by atoms with van der Waals surface area (Å²) < 4.78 is 13.5. The molecule has 0 aliphatic rings. The van der Waals surface area contributed by atoms with Crippen molar-refractivity contribution >= 4 is 45.5 Å². The number of halogens is 2. The van der Waals surface area contributed by atoms with E-state index in [-0.39, 0.29) is 10.9 Å². The molecule has 0 radical (unpaired) electrons. The van der Waals surface area contributed by atoms with Gasteiger partial charge in [-0.05, 0) is 48.5 Å². The summed E-state index contributed by atoms with van der Waals surface area (Å²) in [5, 5.41) is 16.0. The van der Waals surface area contributed by atoms with Crippen LogP contribution in [0.25, 0.3) is 10.9 Å². The summed E-state index contributed by atoms with van der Waals surface area (Å²) in [7, 11) is 0. The highest BCUT2D eigenvalue weighted by atomic mass is 35.5. The topological polar surface area (TPSA) is 90.7 Å². The molecule has 0 aliphatic carbocycles. The largest absolute Gasteiger partial charge is 0.354 e. The fourth-order valence-corrected chi connectivity index (χ4v) is 3.09.